The van der Waals surface area contributed by atoms with E-state index in [1.54, 1.807) is 18.2 Å². The lowest BCUT2D eigenvalue weighted by atomic mass is 10.1. The van der Waals surface area contributed by atoms with E-state index in [0.717, 1.165) is 22.8 Å². The molecular formula is C12H14N2O6S. The number of carboxylic acids is 1. The molecule has 0 fully saturated rings. The standard InChI is InChI=1S/C12H12N2O2.H2O4S/c1-7-5-8(2)14-11-6-9(12(15)16)3-4-10(11)13-7;1-5(2,3)4/h3-6,14H,1-2H3,(H,15,16);(H2,1,2,3,4). The van der Waals surface area contributed by atoms with Crippen molar-refractivity contribution in [2.45, 2.75) is 13.8 Å². The predicted molar refractivity (Wildman–Crippen MR) is 74.4 cm³/mol. The van der Waals surface area contributed by atoms with Gasteiger partial charge < -0.3 is 15.0 Å². The largest absolute Gasteiger partial charge is 0.726 e. The maximum atomic E-state index is 10.9. The quantitative estimate of drug-likeness (QED) is 0.418. The van der Waals surface area contributed by atoms with E-state index >= 15 is 0 Å². The average molecular weight is 314 g/mol. The summed E-state index contributed by atoms with van der Waals surface area (Å²) < 4.78 is 32.8. The van der Waals surface area contributed by atoms with Crippen LogP contribution in [0.1, 0.15) is 24.2 Å². The van der Waals surface area contributed by atoms with Crippen LogP contribution in [0.15, 0.2) is 30.0 Å². The van der Waals surface area contributed by atoms with Crippen molar-refractivity contribution in [1.82, 2.24) is 0 Å². The van der Waals surface area contributed by atoms with Crippen molar-refractivity contribution in [2.75, 3.05) is 5.32 Å². The van der Waals surface area contributed by atoms with Gasteiger partial charge in [0.25, 0.3) is 0 Å². The zero-order valence-electron chi connectivity index (χ0n) is 11.2. The first-order valence-corrected chi connectivity index (χ1v) is 7.04. The van der Waals surface area contributed by atoms with Gasteiger partial charge in [-0.25, -0.2) is 18.2 Å². The molecule has 1 aromatic carbocycles. The van der Waals surface area contributed by atoms with Crippen LogP contribution in [0, 0.1) is 0 Å². The zero-order chi connectivity index (χ0) is 16.2. The van der Waals surface area contributed by atoms with E-state index in [-0.39, 0.29) is 5.56 Å². The fourth-order valence-corrected chi connectivity index (χ4v) is 1.71. The predicted octanol–water partition coefficient (Wildman–Crippen LogP) is -0.108. The Hall–Kier alpha value is -2.23. The number of aromatic carboxylic acids is 1. The van der Waals surface area contributed by atoms with Crippen LogP contribution in [0.25, 0.3) is 0 Å². The summed E-state index contributed by atoms with van der Waals surface area (Å²) in [5.74, 6) is -0.920. The van der Waals surface area contributed by atoms with Crippen molar-refractivity contribution >= 4 is 33.5 Å². The van der Waals surface area contributed by atoms with Gasteiger partial charge in [0, 0.05) is 24.8 Å². The molecule has 0 aliphatic carbocycles. The summed E-state index contributed by atoms with van der Waals surface area (Å²) in [5, 5.41) is 12.1. The van der Waals surface area contributed by atoms with E-state index in [0.29, 0.717) is 0 Å². The summed E-state index contributed by atoms with van der Waals surface area (Å²) in [6, 6.07) is 4.98. The highest BCUT2D eigenvalue weighted by molar-refractivity contribution is 7.79. The molecule has 0 saturated heterocycles. The Kier molecular flexibility index (Phi) is 5.19. The van der Waals surface area contributed by atoms with Crippen LogP contribution < -0.4 is 10.3 Å². The molecule has 1 aliphatic heterocycles. The third-order valence-corrected chi connectivity index (χ3v) is 2.36. The first kappa shape index (κ1) is 16.8. The first-order valence-electron chi connectivity index (χ1n) is 5.68. The van der Waals surface area contributed by atoms with Crippen LogP contribution in [0.3, 0.4) is 0 Å². The molecule has 0 bridgehead atoms. The minimum Gasteiger partial charge on any atom is -0.726 e. The number of hydrogen-bond acceptors (Lipinski definition) is 5. The lowest BCUT2D eigenvalue weighted by Gasteiger charge is -2.04. The molecule has 1 aromatic rings. The second kappa shape index (κ2) is 6.48. The molecule has 0 saturated carbocycles. The SMILES string of the molecule is CC1=CC(C)=[NH+]c2ccc(C(=O)O)cc2N1.O=S(=O)([O-])O. The van der Waals surface area contributed by atoms with Crippen molar-refractivity contribution in [1.29, 1.82) is 0 Å². The van der Waals surface area contributed by atoms with Gasteiger partial charge in [0.15, 0.2) is 5.71 Å². The van der Waals surface area contributed by atoms with Gasteiger partial charge in [0.1, 0.15) is 5.69 Å². The second-order valence-electron chi connectivity index (χ2n) is 4.25. The Morgan fingerprint density at radius 1 is 1.33 bits per heavy atom. The number of carbonyl (C=O) groups is 1. The zero-order valence-corrected chi connectivity index (χ0v) is 12.1. The molecule has 114 valence electrons. The van der Waals surface area contributed by atoms with E-state index in [1.165, 1.54) is 0 Å². The summed E-state index contributed by atoms with van der Waals surface area (Å²) >= 11 is 0. The molecule has 8 nitrogen and oxygen atoms in total. The maximum Gasteiger partial charge on any atom is 0.335 e. The van der Waals surface area contributed by atoms with Crippen LogP contribution in [0.5, 0.6) is 0 Å². The minimum atomic E-state index is -4.92. The second-order valence-corrected chi connectivity index (χ2v) is 5.11. The van der Waals surface area contributed by atoms with E-state index < -0.39 is 16.4 Å². The number of fused-ring (bicyclic) bond motifs is 1. The Bertz CT molecular complexity index is 713. The molecule has 4 N–H and O–H groups in total. The van der Waals surface area contributed by atoms with Gasteiger partial charge in [0.05, 0.1) is 5.56 Å². The topological polar surface area (TPSA) is 141 Å². The number of carboxylic acid groups (broad SMARTS) is 1. The Balaban J connectivity index is 0.000000383. The molecule has 2 rings (SSSR count). The highest BCUT2D eigenvalue weighted by atomic mass is 32.3. The number of benzene rings is 1. The van der Waals surface area contributed by atoms with E-state index in [1.807, 2.05) is 19.9 Å². The maximum absolute atomic E-state index is 10.9. The molecule has 0 unspecified atom stereocenters. The van der Waals surface area contributed by atoms with Crippen LogP contribution in [0.2, 0.25) is 0 Å². The highest BCUT2D eigenvalue weighted by Crippen LogP contribution is 2.21. The summed E-state index contributed by atoms with van der Waals surface area (Å²) in [4.78, 5) is 14.1. The van der Waals surface area contributed by atoms with Gasteiger partial charge in [-0.2, -0.15) is 0 Å². The third kappa shape index (κ3) is 6.17. The summed E-state index contributed by atoms with van der Waals surface area (Å²) in [6.45, 7) is 3.90. The van der Waals surface area contributed by atoms with Crippen molar-refractivity contribution in [3.8, 4) is 0 Å². The van der Waals surface area contributed by atoms with Crippen molar-refractivity contribution in [3.05, 3.63) is 35.5 Å². The minimum absolute atomic E-state index is 0.278. The van der Waals surface area contributed by atoms with Crippen molar-refractivity contribution in [3.63, 3.8) is 0 Å². The fourth-order valence-electron chi connectivity index (χ4n) is 1.71. The van der Waals surface area contributed by atoms with Crippen LogP contribution >= 0.6 is 0 Å². The number of allylic oxidation sites excluding steroid dienone is 2. The van der Waals surface area contributed by atoms with Crippen LogP contribution in [-0.2, 0) is 10.4 Å². The monoisotopic (exact) mass is 314 g/mol. The van der Waals surface area contributed by atoms with E-state index in [4.69, 9.17) is 22.6 Å². The number of rotatable bonds is 1. The van der Waals surface area contributed by atoms with Gasteiger partial charge >= 0.3 is 5.97 Å². The van der Waals surface area contributed by atoms with E-state index in [9.17, 15) is 4.79 Å². The smallest absolute Gasteiger partial charge is 0.335 e. The van der Waals surface area contributed by atoms with E-state index in [2.05, 4.69) is 10.3 Å². The molecule has 21 heavy (non-hydrogen) atoms. The lowest BCUT2D eigenvalue weighted by Crippen LogP contribution is -2.64. The molecule has 0 amide bonds. The molecular weight excluding hydrogens is 300 g/mol. The van der Waals surface area contributed by atoms with Crippen LogP contribution in [0.4, 0.5) is 11.4 Å². The highest BCUT2D eigenvalue weighted by Gasteiger charge is 2.14. The molecule has 0 spiro atoms. The molecule has 0 atom stereocenters. The number of anilines is 1. The van der Waals surface area contributed by atoms with Crippen LogP contribution in [-0.4, -0.2) is 34.3 Å². The average Bonchev–Trinajstić information content (AvgIpc) is 2.41. The number of nitrogens with one attached hydrogen (secondary N) is 2. The molecule has 9 heteroatoms. The van der Waals surface area contributed by atoms with Gasteiger partial charge in [-0.1, -0.05) is 0 Å². The Morgan fingerprint density at radius 3 is 2.43 bits per heavy atom. The Morgan fingerprint density at radius 2 is 1.90 bits per heavy atom. The Labute approximate surface area is 121 Å². The van der Waals surface area contributed by atoms with Crippen molar-refractivity contribution < 1.29 is 32.4 Å². The van der Waals surface area contributed by atoms with Crippen molar-refractivity contribution in [2.24, 2.45) is 0 Å². The lowest BCUT2D eigenvalue weighted by molar-refractivity contribution is -0.351. The van der Waals surface area contributed by atoms with Gasteiger partial charge in [0.2, 0.25) is 16.1 Å². The fraction of sp³-hybridized carbons (Fsp3) is 0.167. The molecule has 1 aliphatic rings. The van der Waals surface area contributed by atoms with Gasteiger partial charge in [-0.15, -0.1) is 0 Å². The van der Waals surface area contributed by atoms with Gasteiger partial charge in [-0.3, -0.25) is 4.55 Å². The molecule has 0 aromatic heterocycles. The number of hydrogen-bond donors (Lipinski definition) is 4. The third-order valence-electron chi connectivity index (χ3n) is 2.36. The summed E-state index contributed by atoms with van der Waals surface area (Å²) in [7, 11) is -4.92. The summed E-state index contributed by atoms with van der Waals surface area (Å²) in [6.07, 6.45) is 1.97. The normalized spacial score (nSPS) is 13.5. The molecule has 1 heterocycles. The first-order chi connectivity index (χ1) is 9.56. The van der Waals surface area contributed by atoms with Gasteiger partial charge in [-0.05, 0) is 19.1 Å². The summed E-state index contributed by atoms with van der Waals surface area (Å²) in [5.41, 5.74) is 3.94. The molecule has 0 radical (unpaired) electrons.